The van der Waals surface area contributed by atoms with Crippen molar-refractivity contribution in [2.24, 2.45) is 0 Å². The summed E-state index contributed by atoms with van der Waals surface area (Å²) in [5, 5.41) is 8.93. The number of piperazine rings is 1. The third kappa shape index (κ3) is 3.68. The molecule has 1 aliphatic rings. The lowest BCUT2D eigenvalue weighted by molar-refractivity contribution is 0.0610. The average Bonchev–Trinajstić information content (AvgIpc) is 2.48. The van der Waals surface area contributed by atoms with E-state index in [9.17, 15) is 4.79 Å². The fraction of sp³-hybridized carbons (Fsp3) is 0.643. The Morgan fingerprint density at radius 3 is 2.62 bits per heavy atom. The van der Waals surface area contributed by atoms with Crippen molar-refractivity contribution in [3.8, 4) is 0 Å². The van der Waals surface area contributed by atoms with Gasteiger partial charge >= 0.3 is 0 Å². The number of aromatic nitrogens is 2. The second kappa shape index (κ2) is 6.82. The number of β-amino-alcohol motifs (C(OH)–C–C–N with tert-alkyl or cyclic N) is 1. The molecule has 1 aromatic rings. The van der Waals surface area contributed by atoms with Crippen LogP contribution < -0.4 is 5.73 Å². The lowest BCUT2D eigenvalue weighted by Gasteiger charge is -2.34. The van der Waals surface area contributed by atoms with E-state index in [0.717, 1.165) is 13.1 Å². The van der Waals surface area contributed by atoms with Gasteiger partial charge in [0, 0.05) is 38.6 Å². The molecule has 7 heteroatoms. The van der Waals surface area contributed by atoms with Crippen molar-refractivity contribution in [3.05, 3.63) is 17.7 Å². The molecule has 0 radical (unpaired) electrons. The van der Waals surface area contributed by atoms with Crippen LogP contribution in [-0.4, -0.2) is 70.1 Å². The Labute approximate surface area is 124 Å². The number of aliphatic hydroxyl groups excluding tert-OH is 1. The Morgan fingerprint density at radius 1 is 1.38 bits per heavy atom. The molecule has 0 unspecified atom stereocenters. The highest BCUT2D eigenvalue weighted by molar-refractivity contribution is 5.97. The molecule has 2 heterocycles. The molecule has 0 atom stereocenters. The second-order valence-corrected chi connectivity index (χ2v) is 5.54. The molecule has 1 amide bonds. The maximum Gasteiger partial charge on any atom is 0.274 e. The zero-order valence-electron chi connectivity index (χ0n) is 12.6. The van der Waals surface area contributed by atoms with Gasteiger partial charge in [0.1, 0.15) is 5.82 Å². The minimum atomic E-state index is -0.138. The van der Waals surface area contributed by atoms with Gasteiger partial charge in [-0.1, -0.05) is 13.8 Å². The Bertz CT molecular complexity index is 498. The average molecular weight is 293 g/mol. The number of aliphatic hydroxyl groups is 1. The molecular formula is C14H23N5O2. The third-order valence-corrected chi connectivity index (χ3v) is 3.63. The summed E-state index contributed by atoms with van der Waals surface area (Å²) in [6.45, 7) is 7.52. The summed E-state index contributed by atoms with van der Waals surface area (Å²) in [5.74, 6) is 0.644. The van der Waals surface area contributed by atoms with Crippen molar-refractivity contribution in [3.63, 3.8) is 0 Å². The topological polar surface area (TPSA) is 95.6 Å². The first-order valence-corrected chi connectivity index (χ1v) is 7.27. The minimum absolute atomic E-state index is 0.138. The largest absolute Gasteiger partial charge is 0.396 e. The second-order valence-electron chi connectivity index (χ2n) is 5.54. The highest BCUT2D eigenvalue weighted by Gasteiger charge is 2.25. The number of carbonyl (C=O) groups is 1. The normalized spacial score (nSPS) is 16.5. The van der Waals surface area contributed by atoms with Crippen molar-refractivity contribution in [1.29, 1.82) is 0 Å². The van der Waals surface area contributed by atoms with Crippen LogP contribution in [0.1, 0.15) is 36.1 Å². The summed E-state index contributed by atoms with van der Waals surface area (Å²) in [5.41, 5.74) is 6.47. The first-order valence-electron chi connectivity index (χ1n) is 7.27. The Balaban J connectivity index is 2.08. The monoisotopic (exact) mass is 293 g/mol. The summed E-state index contributed by atoms with van der Waals surface area (Å²) >= 11 is 0. The quantitative estimate of drug-likeness (QED) is 0.807. The molecule has 1 aliphatic heterocycles. The van der Waals surface area contributed by atoms with Crippen LogP contribution in [0.3, 0.4) is 0 Å². The molecule has 116 valence electrons. The van der Waals surface area contributed by atoms with Crippen molar-refractivity contribution < 1.29 is 9.90 Å². The van der Waals surface area contributed by atoms with Crippen LogP contribution in [0.5, 0.6) is 0 Å². The maximum atomic E-state index is 12.5. The maximum absolute atomic E-state index is 12.5. The lowest BCUT2D eigenvalue weighted by atomic mass is 10.2. The molecule has 0 spiro atoms. The van der Waals surface area contributed by atoms with Crippen LogP contribution >= 0.6 is 0 Å². The van der Waals surface area contributed by atoms with E-state index >= 15 is 0 Å². The fourth-order valence-corrected chi connectivity index (χ4v) is 2.32. The van der Waals surface area contributed by atoms with E-state index in [1.54, 1.807) is 4.90 Å². The van der Waals surface area contributed by atoms with Gasteiger partial charge in [-0.3, -0.25) is 9.69 Å². The van der Waals surface area contributed by atoms with Crippen molar-refractivity contribution in [2.75, 3.05) is 45.1 Å². The number of rotatable bonds is 4. The van der Waals surface area contributed by atoms with Crippen LogP contribution in [-0.2, 0) is 0 Å². The van der Waals surface area contributed by atoms with E-state index in [0.29, 0.717) is 36.8 Å². The zero-order chi connectivity index (χ0) is 15.4. The van der Waals surface area contributed by atoms with E-state index in [2.05, 4.69) is 14.9 Å². The van der Waals surface area contributed by atoms with Crippen LogP contribution in [0.2, 0.25) is 0 Å². The van der Waals surface area contributed by atoms with Gasteiger partial charge in [0.25, 0.3) is 5.91 Å². The van der Waals surface area contributed by atoms with Gasteiger partial charge < -0.3 is 15.7 Å². The molecule has 2 rings (SSSR count). The van der Waals surface area contributed by atoms with E-state index in [1.807, 2.05) is 13.8 Å². The molecular weight excluding hydrogens is 270 g/mol. The molecule has 0 aliphatic carbocycles. The number of amides is 1. The van der Waals surface area contributed by atoms with Gasteiger partial charge in [-0.05, 0) is 0 Å². The zero-order valence-corrected chi connectivity index (χ0v) is 12.6. The van der Waals surface area contributed by atoms with E-state index in [4.69, 9.17) is 10.8 Å². The van der Waals surface area contributed by atoms with Gasteiger partial charge in [0.05, 0.1) is 18.5 Å². The van der Waals surface area contributed by atoms with E-state index in [-0.39, 0.29) is 18.4 Å². The molecule has 0 aromatic carbocycles. The predicted molar refractivity (Wildman–Crippen MR) is 80.0 cm³/mol. The summed E-state index contributed by atoms with van der Waals surface area (Å²) in [4.78, 5) is 24.9. The summed E-state index contributed by atoms with van der Waals surface area (Å²) in [6.07, 6.45) is 1.51. The molecule has 3 N–H and O–H groups in total. The van der Waals surface area contributed by atoms with Crippen LogP contribution in [0.15, 0.2) is 6.20 Å². The summed E-state index contributed by atoms with van der Waals surface area (Å²) < 4.78 is 0. The lowest BCUT2D eigenvalue weighted by Crippen LogP contribution is -2.49. The Kier molecular flexibility index (Phi) is 5.08. The Morgan fingerprint density at radius 2 is 2.05 bits per heavy atom. The number of hydrogen-bond donors (Lipinski definition) is 2. The molecule has 1 fully saturated rings. The van der Waals surface area contributed by atoms with Crippen molar-refractivity contribution >= 4 is 11.6 Å². The minimum Gasteiger partial charge on any atom is -0.396 e. The number of hydrogen-bond acceptors (Lipinski definition) is 6. The van der Waals surface area contributed by atoms with E-state index < -0.39 is 0 Å². The number of nitrogens with two attached hydrogens (primary N) is 1. The van der Waals surface area contributed by atoms with Crippen LogP contribution in [0.4, 0.5) is 5.69 Å². The van der Waals surface area contributed by atoms with Crippen molar-refractivity contribution in [2.45, 2.75) is 19.8 Å². The molecule has 1 saturated heterocycles. The smallest absolute Gasteiger partial charge is 0.274 e. The predicted octanol–water partition coefficient (Wildman–Crippen LogP) is -0.0677. The van der Waals surface area contributed by atoms with Gasteiger partial charge in [-0.15, -0.1) is 0 Å². The molecule has 1 aromatic heterocycles. The first-order chi connectivity index (χ1) is 10.0. The highest BCUT2D eigenvalue weighted by atomic mass is 16.3. The summed E-state index contributed by atoms with van der Waals surface area (Å²) in [7, 11) is 0. The molecule has 0 bridgehead atoms. The van der Waals surface area contributed by atoms with Gasteiger partial charge in [-0.2, -0.15) is 0 Å². The summed E-state index contributed by atoms with van der Waals surface area (Å²) in [6, 6.07) is 0. The van der Waals surface area contributed by atoms with Crippen molar-refractivity contribution in [1.82, 2.24) is 19.8 Å². The van der Waals surface area contributed by atoms with E-state index in [1.165, 1.54) is 6.20 Å². The van der Waals surface area contributed by atoms with Gasteiger partial charge in [0.2, 0.25) is 0 Å². The fourth-order valence-electron chi connectivity index (χ4n) is 2.32. The molecule has 0 saturated carbocycles. The number of anilines is 1. The standard InChI is InChI=1S/C14H23N5O2/c1-10(2)13-16-9-11(15)12(17-13)14(21)19-5-3-18(4-6-19)7-8-20/h9-10,20H,3-8,15H2,1-2H3. The molecule has 21 heavy (non-hydrogen) atoms. The third-order valence-electron chi connectivity index (χ3n) is 3.63. The van der Waals surface area contributed by atoms with Crippen LogP contribution in [0.25, 0.3) is 0 Å². The van der Waals surface area contributed by atoms with Gasteiger partial charge in [0.15, 0.2) is 5.69 Å². The SMILES string of the molecule is CC(C)c1ncc(N)c(C(=O)N2CCN(CCO)CC2)n1. The number of nitrogen functional groups attached to an aromatic ring is 1. The van der Waals surface area contributed by atoms with Crippen LogP contribution in [0, 0.1) is 0 Å². The highest BCUT2D eigenvalue weighted by Crippen LogP contribution is 2.16. The first kappa shape index (κ1) is 15.7. The molecule has 7 nitrogen and oxygen atoms in total. The number of carbonyl (C=O) groups excluding carboxylic acids is 1. The van der Waals surface area contributed by atoms with Gasteiger partial charge in [-0.25, -0.2) is 9.97 Å². The Hall–Kier alpha value is -1.73. The number of nitrogens with zero attached hydrogens (tertiary/aromatic N) is 4.